The van der Waals surface area contributed by atoms with Crippen molar-refractivity contribution in [2.75, 3.05) is 0 Å². The van der Waals surface area contributed by atoms with Gasteiger partial charge in [0, 0.05) is 4.47 Å². The van der Waals surface area contributed by atoms with Crippen molar-refractivity contribution in [1.29, 1.82) is 5.26 Å². The molecular weight excluding hydrogens is 236 g/mol. The minimum absolute atomic E-state index is 0.488. The molecule has 0 saturated carbocycles. The summed E-state index contributed by atoms with van der Waals surface area (Å²) in [7, 11) is 0. The van der Waals surface area contributed by atoms with E-state index in [0.29, 0.717) is 11.3 Å². The van der Waals surface area contributed by atoms with Crippen molar-refractivity contribution in [2.24, 2.45) is 4.99 Å². The maximum absolute atomic E-state index is 8.68. The maximum atomic E-state index is 8.68. The van der Waals surface area contributed by atoms with Crippen LogP contribution in [0, 0.1) is 11.3 Å². The van der Waals surface area contributed by atoms with Crippen molar-refractivity contribution in [3.8, 4) is 6.07 Å². The van der Waals surface area contributed by atoms with Gasteiger partial charge in [-0.2, -0.15) is 10.3 Å². The number of hydrogen-bond donors (Lipinski definition) is 0. The summed E-state index contributed by atoms with van der Waals surface area (Å²) in [4.78, 5) is 3.74. The van der Waals surface area contributed by atoms with Crippen molar-refractivity contribution < 1.29 is 0 Å². The van der Waals surface area contributed by atoms with Crippen LogP contribution in [0.5, 0.6) is 0 Å². The molecule has 0 amide bonds. The lowest BCUT2D eigenvalue weighted by molar-refractivity contribution is 1.44. The van der Waals surface area contributed by atoms with Crippen molar-refractivity contribution in [3.05, 3.63) is 28.2 Å². The molecule has 4 heteroatoms. The summed E-state index contributed by atoms with van der Waals surface area (Å²) in [5.41, 5.74) is 1.04. The molecule has 0 aliphatic heterocycles. The average Bonchev–Trinajstić information content (AvgIpc) is 2.08. The lowest BCUT2D eigenvalue weighted by Gasteiger charge is -1.94. The summed E-state index contributed by atoms with van der Waals surface area (Å²) >= 11 is 7.69. The van der Waals surface area contributed by atoms with Gasteiger partial charge in [0.1, 0.15) is 6.07 Å². The van der Waals surface area contributed by atoms with Gasteiger partial charge < -0.3 is 0 Å². The minimum atomic E-state index is 0.488. The van der Waals surface area contributed by atoms with E-state index < -0.39 is 0 Å². The van der Waals surface area contributed by atoms with Crippen LogP contribution >= 0.6 is 28.1 Å². The topological polar surface area (TPSA) is 36.1 Å². The fourth-order valence-corrected chi connectivity index (χ4v) is 1.20. The minimum Gasteiger partial charge on any atom is -0.193 e. The van der Waals surface area contributed by atoms with E-state index in [0.717, 1.165) is 4.47 Å². The summed E-state index contributed by atoms with van der Waals surface area (Å²) in [6.07, 6.45) is 0. The monoisotopic (exact) mass is 238 g/mol. The molecule has 2 nitrogen and oxygen atoms in total. The summed E-state index contributed by atoms with van der Waals surface area (Å²) in [5.74, 6) is 0. The van der Waals surface area contributed by atoms with Gasteiger partial charge in [0.15, 0.2) is 0 Å². The molecule has 0 bridgehead atoms. The second-order valence-corrected chi connectivity index (χ2v) is 3.07. The van der Waals surface area contributed by atoms with E-state index in [9.17, 15) is 0 Å². The number of isothiocyanates is 1. The fraction of sp³-hybridized carbons (Fsp3) is 0. The van der Waals surface area contributed by atoms with Gasteiger partial charge in [0.05, 0.1) is 16.4 Å². The molecule has 0 radical (unpaired) electrons. The predicted octanol–water partition coefficient (Wildman–Crippen LogP) is 3.06. The van der Waals surface area contributed by atoms with Crippen LogP contribution in [0.3, 0.4) is 0 Å². The quantitative estimate of drug-likeness (QED) is 0.557. The molecule has 1 aromatic rings. The number of hydrogen-bond acceptors (Lipinski definition) is 3. The molecule has 0 aliphatic carbocycles. The second-order valence-electron chi connectivity index (χ2n) is 1.98. The molecule has 0 spiro atoms. The van der Waals surface area contributed by atoms with E-state index in [1.54, 1.807) is 18.2 Å². The first-order valence-corrected chi connectivity index (χ1v) is 4.25. The van der Waals surface area contributed by atoms with Gasteiger partial charge >= 0.3 is 0 Å². The zero-order valence-corrected chi connectivity index (χ0v) is 8.32. The van der Waals surface area contributed by atoms with E-state index in [-0.39, 0.29) is 0 Å². The Kier molecular flexibility index (Phi) is 3.12. The molecule has 0 heterocycles. The molecule has 1 rings (SSSR count). The Labute approximate surface area is 83.7 Å². The molecular formula is C8H3BrN2S. The van der Waals surface area contributed by atoms with Crippen LogP contribution in [0.25, 0.3) is 0 Å². The van der Waals surface area contributed by atoms with Gasteiger partial charge in [-0.25, -0.2) is 0 Å². The van der Waals surface area contributed by atoms with Gasteiger partial charge in [0.25, 0.3) is 0 Å². The van der Waals surface area contributed by atoms with Gasteiger partial charge in [-0.3, -0.25) is 0 Å². The number of nitrogens with zero attached hydrogens (tertiary/aromatic N) is 2. The van der Waals surface area contributed by atoms with Gasteiger partial charge in [-0.1, -0.05) is 15.9 Å². The number of rotatable bonds is 1. The SMILES string of the molecule is N#Cc1cc(Br)ccc1N=C=S. The largest absolute Gasteiger partial charge is 0.193 e. The highest BCUT2D eigenvalue weighted by Crippen LogP contribution is 2.22. The van der Waals surface area contributed by atoms with Crippen LogP contribution in [0.1, 0.15) is 5.56 Å². The van der Waals surface area contributed by atoms with Crippen LogP contribution in [-0.2, 0) is 0 Å². The molecule has 0 N–H and O–H groups in total. The van der Waals surface area contributed by atoms with Crippen LogP contribution in [-0.4, -0.2) is 5.16 Å². The Balaban J connectivity index is 3.31. The van der Waals surface area contributed by atoms with Crippen LogP contribution in [0.4, 0.5) is 5.69 Å². The molecule has 0 atom stereocenters. The van der Waals surface area contributed by atoms with Gasteiger partial charge in [-0.15, -0.1) is 0 Å². The number of nitriles is 1. The first kappa shape index (κ1) is 9.08. The molecule has 0 aromatic heterocycles. The van der Waals surface area contributed by atoms with E-state index in [4.69, 9.17) is 5.26 Å². The molecule has 0 saturated heterocycles. The Morgan fingerprint density at radius 2 is 2.25 bits per heavy atom. The Morgan fingerprint density at radius 3 is 2.83 bits per heavy atom. The summed E-state index contributed by atoms with van der Waals surface area (Å²) in [5, 5.41) is 10.9. The van der Waals surface area contributed by atoms with E-state index in [1.807, 2.05) is 6.07 Å². The van der Waals surface area contributed by atoms with E-state index >= 15 is 0 Å². The van der Waals surface area contributed by atoms with Crippen molar-refractivity contribution >= 4 is 39.0 Å². The first-order valence-electron chi connectivity index (χ1n) is 3.05. The Morgan fingerprint density at radius 1 is 1.50 bits per heavy atom. The fourth-order valence-electron chi connectivity index (χ4n) is 0.744. The van der Waals surface area contributed by atoms with Crippen molar-refractivity contribution in [1.82, 2.24) is 0 Å². The number of thiocarbonyl (C=S) groups is 1. The third-order valence-corrected chi connectivity index (χ3v) is 1.83. The third kappa shape index (κ3) is 1.99. The normalized spacial score (nSPS) is 8.33. The number of aliphatic imine (C=N–C) groups is 1. The summed E-state index contributed by atoms with van der Waals surface area (Å²) in [6, 6.07) is 7.21. The lowest BCUT2D eigenvalue weighted by Crippen LogP contribution is -1.75. The van der Waals surface area contributed by atoms with Gasteiger partial charge in [-0.05, 0) is 30.4 Å². The standard InChI is InChI=1S/C8H3BrN2S/c9-7-1-2-8(11-5-12)6(3-7)4-10/h1-3H. The highest BCUT2D eigenvalue weighted by atomic mass is 79.9. The molecule has 1 aromatic carbocycles. The zero-order valence-electron chi connectivity index (χ0n) is 5.91. The van der Waals surface area contributed by atoms with Crippen LogP contribution < -0.4 is 0 Å². The smallest absolute Gasteiger partial charge is 0.101 e. The highest BCUT2D eigenvalue weighted by molar-refractivity contribution is 9.10. The zero-order chi connectivity index (χ0) is 8.97. The highest BCUT2D eigenvalue weighted by Gasteiger charge is 1.99. The van der Waals surface area contributed by atoms with Crippen LogP contribution in [0.2, 0.25) is 0 Å². The van der Waals surface area contributed by atoms with E-state index in [1.165, 1.54) is 0 Å². The molecule has 58 valence electrons. The Bertz CT molecular complexity index is 389. The summed E-state index contributed by atoms with van der Waals surface area (Å²) < 4.78 is 0.849. The van der Waals surface area contributed by atoms with Crippen molar-refractivity contribution in [3.63, 3.8) is 0 Å². The second kappa shape index (κ2) is 4.13. The third-order valence-electron chi connectivity index (χ3n) is 1.25. The molecule has 0 aliphatic rings. The number of benzene rings is 1. The number of halogens is 1. The lowest BCUT2D eigenvalue weighted by atomic mass is 10.2. The Hall–Kier alpha value is -1.01. The van der Waals surface area contributed by atoms with E-state index in [2.05, 4.69) is 38.3 Å². The molecule has 0 unspecified atom stereocenters. The predicted molar refractivity (Wildman–Crippen MR) is 53.5 cm³/mol. The molecule has 12 heavy (non-hydrogen) atoms. The van der Waals surface area contributed by atoms with Crippen LogP contribution in [0.15, 0.2) is 27.7 Å². The average molecular weight is 239 g/mol. The van der Waals surface area contributed by atoms with Gasteiger partial charge in [0.2, 0.25) is 0 Å². The summed E-state index contributed by atoms with van der Waals surface area (Å²) in [6.45, 7) is 0. The van der Waals surface area contributed by atoms with Crippen molar-refractivity contribution in [2.45, 2.75) is 0 Å². The first-order chi connectivity index (χ1) is 5.77. The maximum Gasteiger partial charge on any atom is 0.101 e. The molecule has 0 fully saturated rings.